The van der Waals surface area contributed by atoms with E-state index in [0.29, 0.717) is 0 Å². The van der Waals surface area contributed by atoms with Crippen molar-refractivity contribution < 1.29 is 4.74 Å². The van der Waals surface area contributed by atoms with Crippen molar-refractivity contribution in [2.24, 2.45) is 0 Å². The van der Waals surface area contributed by atoms with Crippen molar-refractivity contribution in [2.75, 3.05) is 7.11 Å². The van der Waals surface area contributed by atoms with E-state index >= 15 is 0 Å². The molecule has 0 fully saturated rings. The smallest absolute Gasteiger partial charge is 0.173 e. The highest BCUT2D eigenvalue weighted by atomic mass is 32.1. The normalized spacial score (nSPS) is 11.5. The van der Waals surface area contributed by atoms with Crippen molar-refractivity contribution >= 4 is 56.4 Å². The second-order valence-corrected chi connectivity index (χ2v) is 8.10. The number of fused-ring (bicyclic) bond motifs is 1. The van der Waals surface area contributed by atoms with Crippen LogP contribution < -0.4 is 4.74 Å². The predicted molar refractivity (Wildman–Crippen MR) is 103 cm³/mol. The summed E-state index contributed by atoms with van der Waals surface area (Å²) in [7, 11) is 1.70. The lowest BCUT2D eigenvalue weighted by atomic mass is 10.3. The highest BCUT2D eigenvalue weighted by Crippen LogP contribution is 2.37. The van der Waals surface area contributed by atoms with E-state index in [1.54, 1.807) is 41.1 Å². The summed E-state index contributed by atoms with van der Waals surface area (Å²) in [5.41, 5.74) is 1.06. The maximum Gasteiger partial charge on any atom is 0.173 e. The zero-order chi connectivity index (χ0) is 15.6. The molecule has 0 amide bonds. The summed E-state index contributed by atoms with van der Waals surface area (Å²) in [6.07, 6.45) is 4.23. The average molecular weight is 356 g/mol. The van der Waals surface area contributed by atoms with Gasteiger partial charge in [-0.05, 0) is 48.6 Å². The molecule has 0 N–H and O–H groups in total. The number of thiophene rings is 2. The number of para-hydroxylation sites is 1. The summed E-state index contributed by atoms with van der Waals surface area (Å²) in [6, 6.07) is 16.7. The summed E-state index contributed by atoms with van der Waals surface area (Å²) < 4.78 is 6.49. The van der Waals surface area contributed by atoms with Crippen LogP contribution in [0, 0.1) is 0 Å². The zero-order valence-corrected chi connectivity index (χ0v) is 14.8. The zero-order valence-electron chi connectivity index (χ0n) is 12.4. The van der Waals surface area contributed by atoms with Gasteiger partial charge in [0.25, 0.3) is 0 Å². The molecule has 114 valence electrons. The van der Waals surface area contributed by atoms with Gasteiger partial charge in [-0.25, -0.2) is 4.98 Å². The maximum atomic E-state index is 5.26. The first-order chi connectivity index (χ1) is 11.3. The number of methoxy groups -OCH3 is 1. The topological polar surface area (TPSA) is 22.1 Å². The molecule has 0 aliphatic carbocycles. The molecule has 0 bridgehead atoms. The van der Waals surface area contributed by atoms with Crippen LogP contribution in [-0.2, 0) is 0 Å². The summed E-state index contributed by atoms with van der Waals surface area (Å²) in [4.78, 5) is 8.37. The van der Waals surface area contributed by atoms with Gasteiger partial charge in [0.1, 0.15) is 5.01 Å². The third kappa shape index (κ3) is 3.08. The Hall–Kier alpha value is -1.95. The number of nitrogens with zero attached hydrogens (tertiary/aromatic N) is 1. The molecule has 0 spiro atoms. The van der Waals surface area contributed by atoms with Crippen molar-refractivity contribution in [3.8, 4) is 14.8 Å². The van der Waals surface area contributed by atoms with Crippen molar-refractivity contribution in [1.29, 1.82) is 0 Å². The predicted octanol–water partition coefficient (Wildman–Crippen LogP) is 6.27. The molecule has 0 unspecified atom stereocenters. The monoisotopic (exact) mass is 355 g/mol. The van der Waals surface area contributed by atoms with Crippen molar-refractivity contribution in [3.05, 3.63) is 58.4 Å². The molecule has 0 aliphatic heterocycles. The third-order valence-electron chi connectivity index (χ3n) is 3.35. The van der Waals surface area contributed by atoms with Crippen LogP contribution >= 0.6 is 34.0 Å². The van der Waals surface area contributed by atoms with E-state index < -0.39 is 0 Å². The van der Waals surface area contributed by atoms with E-state index in [1.165, 1.54) is 19.3 Å². The molecule has 1 aromatic carbocycles. The molecule has 0 saturated heterocycles. The van der Waals surface area contributed by atoms with E-state index in [2.05, 4.69) is 53.5 Å². The van der Waals surface area contributed by atoms with Gasteiger partial charge in [-0.15, -0.1) is 22.7 Å². The van der Waals surface area contributed by atoms with Gasteiger partial charge in [-0.3, -0.25) is 0 Å². The second kappa shape index (κ2) is 6.28. The van der Waals surface area contributed by atoms with E-state index in [-0.39, 0.29) is 0 Å². The van der Waals surface area contributed by atoms with Crippen LogP contribution in [0.5, 0.6) is 5.06 Å². The Morgan fingerprint density at radius 2 is 1.70 bits per heavy atom. The van der Waals surface area contributed by atoms with Gasteiger partial charge in [0.05, 0.1) is 17.3 Å². The lowest BCUT2D eigenvalue weighted by Crippen LogP contribution is -1.73. The number of thiazole rings is 1. The largest absolute Gasteiger partial charge is 0.487 e. The Morgan fingerprint density at radius 1 is 0.870 bits per heavy atom. The Labute approximate surface area is 146 Å². The number of hydrogen-bond acceptors (Lipinski definition) is 5. The van der Waals surface area contributed by atoms with Crippen LogP contribution in [0.15, 0.2) is 48.5 Å². The molecule has 3 heterocycles. The van der Waals surface area contributed by atoms with Gasteiger partial charge >= 0.3 is 0 Å². The van der Waals surface area contributed by atoms with Crippen LogP contribution in [0.3, 0.4) is 0 Å². The molecule has 5 heteroatoms. The van der Waals surface area contributed by atoms with Gasteiger partial charge in [0.2, 0.25) is 0 Å². The molecule has 0 radical (unpaired) electrons. The molecule has 23 heavy (non-hydrogen) atoms. The molecular weight excluding hydrogens is 342 g/mol. The maximum absolute atomic E-state index is 5.26. The summed E-state index contributed by atoms with van der Waals surface area (Å²) >= 11 is 5.17. The number of hydrogen-bond donors (Lipinski definition) is 0. The summed E-state index contributed by atoms with van der Waals surface area (Å²) in [5.74, 6) is 0. The van der Waals surface area contributed by atoms with Gasteiger partial charge in [-0.2, -0.15) is 0 Å². The first-order valence-corrected chi connectivity index (χ1v) is 9.54. The number of aromatic nitrogens is 1. The van der Waals surface area contributed by atoms with Gasteiger partial charge in [-0.1, -0.05) is 23.5 Å². The minimum absolute atomic E-state index is 0.944. The van der Waals surface area contributed by atoms with E-state index in [4.69, 9.17) is 4.74 Å². The Balaban J connectivity index is 1.56. The van der Waals surface area contributed by atoms with Crippen LogP contribution in [0.25, 0.3) is 32.1 Å². The third-order valence-corrected chi connectivity index (χ3v) is 6.65. The number of ether oxygens (including phenoxy) is 1. The van der Waals surface area contributed by atoms with Gasteiger partial charge in [0.15, 0.2) is 5.06 Å². The lowest BCUT2D eigenvalue weighted by Gasteiger charge is -1.90. The van der Waals surface area contributed by atoms with E-state index in [9.17, 15) is 0 Å². The van der Waals surface area contributed by atoms with Crippen molar-refractivity contribution in [3.63, 3.8) is 0 Å². The standard InChI is InChI=1S/C18H13NOS3/c1-20-18-11-9-16(23-18)15-8-6-12(21-15)7-10-17-19-13-4-2-3-5-14(13)22-17/h2-11H,1H3/b10-7+. The molecular formula is C18H13NOS3. The molecule has 0 aliphatic rings. The van der Waals surface area contributed by atoms with E-state index in [0.717, 1.165) is 15.6 Å². The van der Waals surface area contributed by atoms with Crippen LogP contribution in [0.4, 0.5) is 0 Å². The van der Waals surface area contributed by atoms with Crippen molar-refractivity contribution in [1.82, 2.24) is 4.98 Å². The molecule has 4 aromatic rings. The highest BCUT2D eigenvalue weighted by Gasteiger charge is 2.06. The molecule has 0 saturated carbocycles. The van der Waals surface area contributed by atoms with E-state index in [1.807, 2.05) is 12.1 Å². The van der Waals surface area contributed by atoms with Gasteiger partial charge in [0, 0.05) is 14.6 Å². The molecule has 0 atom stereocenters. The van der Waals surface area contributed by atoms with Crippen LogP contribution in [0.1, 0.15) is 9.88 Å². The summed E-state index contributed by atoms with van der Waals surface area (Å²) in [6.45, 7) is 0. The fourth-order valence-electron chi connectivity index (χ4n) is 2.25. The lowest BCUT2D eigenvalue weighted by molar-refractivity contribution is 0.427. The van der Waals surface area contributed by atoms with Gasteiger partial charge < -0.3 is 4.74 Å². The number of benzene rings is 1. The summed E-state index contributed by atoms with van der Waals surface area (Å²) in [5, 5.41) is 1.99. The second-order valence-electron chi connectivity index (χ2n) is 4.88. The minimum Gasteiger partial charge on any atom is -0.487 e. The van der Waals surface area contributed by atoms with Crippen molar-refractivity contribution in [2.45, 2.75) is 0 Å². The van der Waals surface area contributed by atoms with Crippen LogP contribution in [-0.4, -0.2) is 12.1 Å². The van der Waals surface area contributed by atoms with Crippen LogP contribution in [0.2, 0.25) is 0 Å². The Morgan fingerprint density at radius 3 is 2.52 bits per heavy atom. The molecule has 4 rings (SSSR count). The highest BCUT2D eigenvalue weighted by molar-refractivity contribution is 7.23. The first kappa shape index (κ1) is 14.6. The quantitative estimate of drug-likeness (QED) is 0.431. The fraction of sp³-hybridized carbons (Fsp3) is 0.0556. The Kier molecular flexibility index (Phi) is 3.99. The number of rotatable bonds is 4. The molecule has 3 aromatic heterocycles. The molecule has 2 nitrogen and oxygen atoms in total. The first-order valence-electron chi connectivity index (χ1n) is 7.09. The average Bonchev–Trinajstić information content (AvgIpc) is 3.30. The Bertz CT molecular complexity index is 944. The SMILES string of the molecule is COc1ccc(-c2ccc(/C=C/c3nc4ccccc4s3)s2)s1. The minimum atomic E-state index is 0.944. The fourth-order valence-corrected chi connectivity index (χ4v) is 4.94.